The summed E-state index contributed by atoms with van der Waals surface area (Å²) in [5, 5.41) is 10.6. The zero-order chi connectivity index (χ0) is 18.1. The van der Waals surface area contributed by atoms with Gasteiger partial charge in [0.2, 0.25) is 5.89 Å². The molecule has 26 heavy (non-hydrogen) atoms. The summed E-state index contributed by atoms with van der Waals surface area (Å²) in [7, 11) is 0. The monoisotopic (exact) mass is 369 g/mol. The third kappa shape index (κ3) is 3.45. The first-order valence-electron chi connectivity index (χ1n) is 8.87. The van der Waals surface area contributed by atoms with Crippen molar-refractivity contribution in [1.29, 1.82) is 0 Å². The minimum atomic E-state index is -0.00920. The second-order valence-corrected chi connectivity index (χ2v) is 7.81. The molecule has 4 rings (SSSR count). The number of aromatic nitrogens is 2. The Morgan fingerprint density at radius 2 is 2.00 bits per heavy atom. The highest BCUT2D eigenvalue weighted by Gasteiger charge is 2.30. The van der Waals surface area contributed by atoms with Crippen LogP contribution < -0.4 is 0 Å². The number of morpholine rings is 1. The average Bonchev–Trinajstić information content (AvgIpc) is 3.29. The molecule has 1 unspecified atom stereocenters. The van der Waals surface area contributed by atoms with Crippen LogP contribution in [0.25, 0.3) is 10.8 Å². The van der Waals surface area contributed by atoms with Crippen LogP contribution in [0.4, 0.5) is 0 Å². The van der Waals surface area contributed by atoms with Crippen LogP contribution in [0.1, 0.15) is 34.2 Å². The molecule has 0 spiro atoms. The summed E-state index contributed by atoms with van der Waals surface area (Å²) in [4.78, 5) is 3.39. The fourth-order valence-corrected chi connectivity index (χ4v) is 4.23. The zero-order valence-electron chi connectivity index (χ0n) is 15.4. The Bertz CT molecular complexity index is 865. The Kier molecular flexibility index (Phi) is 4.89. The number of ether oxygens (including phenoxy) is 1. The van der Waals surface area contributed by atoms with Crippen molar-refractivity contribution in [2.24, 2.45) is 0 Å². The van der Waals surface area contributed by atoms with Crippen molar-refractivity contribution in [3.05, 3.63) is 57.8 Å². The van der Waals surface area contributed by atoms with Crippen LogP contribution in [0.15, 0.2) is 34.1 Å². The first kappa shape index (κ1) is 17.4. The van der Waals surface area contributed by atoms with E-state index < -0.39 is 0 Å². The number of aryl methyl sites for hydroxylation is 3. The van der Waals surface area contributed by atoms with Gasteiger partial charge in [0.25, 0.3) is 5.89 Å². The Morgan fingerprint density at radius 3 is 2.73 bits per heavy atom. The predicted octanol–water partition coefficient (Wildman–Crippen LogP) is 4.30. The largest absolute Gasteiger partial charge is 0.418 e. The maximum atomic E-state index is 5.98. The minimum Gasteiger partial charge on any atom is -0.418 e. The van der Waals surface area contributed by atoms with E-state index in [0.717, 1.165) is 24.6 Å². The zero-order valence-corrected chi connectivity index (χ0v) is 16.2. The van der Waals surface area contributed by atoms with Crippen molar-refractivity contribution < 1.29 is 9.15 Å². The maximum Gasteiger partial charge on any atom is 0.257 e. The van der Waals surface area contributed by atoms with E-state index in [2.05, 4.69) is 48.0 Å². The lowest BCUT2D eigenvalue weighted by molar-refractivity contribution is -0.0223. The topological polar surface area (TPSA) is 51.4 Å². The number of hydrogen-bond donors (Lipinski definition) is 0. The number of thiophene rings is 1. The van der Waals surface area contributed by atoms with Crippen molar-refractivity contribution in [1.82, 2.24) is 15.1 Å². The molecule has 0 radical (unpaired) electrons. The maximum absolute atomic E-state index is 5.98. The molecule has 0 bridgehead atoms. The summed E-state index contributed by atoms with van der Waals surface area (Å²) in [5.74, 6) is 1.22. The number of hydrogen-bond acceptors (Lipinski definition) is 6. The molecule has 0 aliphatic carbocycles. The third-order valence-electron chi connectivity index (χ3n) is 4.90. The highest BCUT2D eigenvalue weighted by atomic mass is 32.1. The molecule has 6 heteroatoms. The van der Waals surface area contributed by atoms with E-state index in [0.29, 0.717) is 18.4 Å². The molecule has 5 nitrogen and oxygen atoms in total. The number of benzene rings is 1. The lowest BCUT2D eigenvalue weighted by atomic mass is 9.98. The molecule has 2 aromatic heterocycles. The molecule has 1 aliphatic rings. The van der Waals surface area contributed by atoms with Gasteiger partial charge in [-0.2, -0.15) is 0 Å². The first-order valence-corrected chi connectivity index (χ1v) is 9.75. The summed E-state index contributed by atoms with van der Waals surface area (Å²) in [6.07, 6.45) is 0. The van der Waals surface area contributed by atoms with Gasteiger partial charge in [0, 0.05) is 13.1 Å². The molecule has 0 amide bonds. The lowest BCUT2D eigenvalue weighted by Gasteiger charge is -2.34. The normalized spacial score (nSPS) is 18.3. The van der Waals surface area contributed by atoms with Crippen LogP contribution in [0.3, 0.4) is 0 Å². The molecule has 1 atom stereocenters. The average molecular weight is 369 g/mol. The third-order valence-corrected chi connectivity index (χ3v) is 5.76. The summed E-state index contributed by atoms with van der Waals surface area (Å²) < 4.78 is 11.7. The molecule has 3 heterocycles. The molecule has 1 aromatic carbocycles. The summed E-state index contributed by atoms with van der Waals surface area (Å²) >= 11 is 1.60. The van der Waals surface area contributed by atoms with Crippen molar-refractivity contribution in [2.45, 2.75) is 33.4 Å². The smallest absolute Gasteiger partial charge is 0.257 e. The molecule has 1 fully saturated rings. The van der Waals surface area contributed by atoms with Crippen LogP contribution in [0, 0.1) is 20.8 Å². The quantitative estimate of drug-likeness (QED) is 0.686. The lowest BCUT2D eigenvalue weighted by Crippen LogP contribution is -2.39. The van der Waals surface area contributed by atoms with E-state index in [-0.39, 0.29) is 6.04 Å². The highest BCUT2D eigenvalue weighted by molar-refractivity contribution is 7.13. The van der Waals surface area contributed by atoms with Gasteiger partial charge in [-0.05, 0) is 48.9 Å². The highest BCUT2D eigenvalue weighted by Crippen LogP contribution is 2.30. The molecule has 136 valence electrons. The van der Waals surface area contributed by atoms with E-state index in [1.165, 1.54) is 22.3 Å². The number of nitrogens with zero attached hydrogens (tertiary/aromatic N) is 3. The molecule has 1 aliphatic heterocycles. The predicted molar refractivity (Wildman–Crippen MR) is 102 cm³/mol. The molecular weight excluding hydrogens is 346 g/mol. The van der Waals surface area contributed by atoms with Gasteiger partial charge < -0.3 is 9.15 Å². The molecule has 1 saturated heterocycles. The van der Waals surface area contributed by atoms with Crippen molar-refractivity contribution in [3.8, 4) is 10.8 Å². The van der Waals surface area contributed by atoms with E-state index in [9.17, 15) is 0 Å². The second-order valence-electron chi connectivity index (χ2n) is 6.86. The minimum absolute atomic E-state index is 0.00920. The van der Waals surface area contributed by atoms with E-state index in [1.54, 1.807) is 11.3 Å². The van der Waals surface area contributed by atoms with E-state index in [1.807, 2.05) is 17.5 Å². The van der Waals surface area contributed by atoms with Crippen LogP contribution >= 0.6 is 11.3 Å². The van der Waals surface area contributed by atoms with Crippen LogP contribution in [-0.2, 0) is 11.3 Å². The Morgan fingerprint density at radius 1 is 1.19 bits per heavy atom. The van der Waals surface area contributed by atoms with E-state index in [4.69, 9.17) is 9.15 Å². The van der Waals surface area contributed by atoms with Gasteiger partial charge in [0.15, 0.2) is 0 Å². The molecule has 3 aromatic rings. The first-order chi connectivity index (χ1) is 12.6. The Labute approximate surface area is 157 Å². The van der Waals surface area contributed by atoms with Gasteiger partial charge >= 0.3 is 0 Å². The van der Waals surface area contributed by atoms with Gasteiger partial charge in [0.1, 0.15) is 6.04 Å². The molecule has 0 saturated carbocycles. The van der Waals surface area contributed by atoms with Gasteiger partial charge in [-0.25, -0.2) is 0 Å². The Hall–Kier alpha value is -2.02. The van der Waals surface area contributed by atoms with Gasteiger partial charge in [-0.15, -0.1) is 21.5 Å². The standard InChI is InChI=1S/C20H23N3O2S/c1-13-9-14(2)16(15(3)10-13)11-23-6-7-24-12-17(23)19-21-22-20(25-19)18-5-4-8-26-18/h4-5,8-10,17H,6-7,11-12H2,1-3H3. The summed E-state index contributed by atoms with van der Waals surface area (Å²) in [6.45, 7) is 9.55. The van der Waals surface area contributed by atoms with Crippen molar-refractivity contribution in [2.75, 3.05) is 19.8 Å². The second kappa shape index (κ2) is 7.31. The van der Waals surface area contributed by atoms with Crippen molar-refractivity contribution >= 4 is 11.3 Å². The Balaban J connectivity index is 1.59. The van der Waals surface area contributed by atoms with Crippen molar-refractivity contribution in [3.63, 3.8) is 0 Å². The molecular formula is C20H23N3O2S. The van der Waals surface area contributed by atoms with Crippen LogP contribution in [0.2, 0.25) is 0 Å². The van der Waals surface area contributed by atoms with E-state index >= 15 is 0 Å². The summed E-state index contributed by atoms with van der Waals surface area (Å²) in [5.41, 5.74) is 5.34. The fourth-order valence-electron chi connectivity index (χ4n) is 3.59. The van der Waals surface area contributed by atoms with Crippen LogP contribution in [0.5, 0.6) is 0 Å². The van der Waals surface area contributed by atoms with Crippen LogP contribution in [-0.4, -0.2) is 34.9 Å². The van der Waals surface area contributed by atoms with Gasteiger partial charge in [-0.1, -0.05) is 23.8 Å². The fraction of sp³-hybridized carbons (Fsp3) is 0.400. The van der Waals surface area contributed by atoms with Gasteiger partial charge in [-0.3, -0.25) is 4.90 Å². The SMILES string of the molecule is Cc1cc(C)c(CN2CCOCC2c2nnc(-c3cccs3)o2)c(C)c1. The summed E-state index contributed by atoms with van der Waals surface area (Å²) in [6, 6.07) is 8.47. The van der Waals surface area contributed by atoms with Gasteiger partial charge in [0.05, 0.1) is 18.1 Å². The molecule has 0 N–H and O–H groups in total. The number of rotatable bonds is 4.